The first-order valence-corrected chi connectivity index (χ1v) is 7.31. The van der Waals surface area contributed by atoms with E-state index in [2.05, 4.69) is 15.4 Å². The van der Waals surface area contributed by atoms with Crippen LogP contribution in [-0.4, -0.2) is 15.4 Å². The molecule has 0 spiro atoms. The van der Waals surface area contributed by atoms with E-state index in [0.29, 0.717) is 0 Å². The van der Waals surface area contributed by atoms with E-state index in [1.165, 1.54) is 0 Å². The first kappa shape index (κ1) is 18.4. The third kappa shape index (κ3) is 3.62. The van der Waals surface area contributed by atoms with Crippen molar-refractivity contribution in [2.75, 3.05) is 0 Å². The number of H-pyrrole nitrogens is 1. The Morgan fingerprint density at radius 2 is 1.41 bits per heavy atom. The molecule has 27 heavy (non-hydrogen) atoms. The largest absolute Gasteiger partial charge is 0.416 e. The summed E-state index contributed by atoms with van der Waals surface area (Å²) in [6, 6.07) is 8.37. The molecule has 0 aliphatic rings. The number of rotatable bonds is 2. The van der Waals surface area contributed by atoms with Crippen molar-refractivity contribution in [3.8, 4) is 28.5 Å². The van der Waals surface area contributed by atoms with Gasteiger partial charge in [0.25, 0.3) is 0 Å². The Labute approximate surface area is 148 Å². The molecule has 0 bridgehead atoms. The Balaban J connectivity index is 2.20. The fraction of sp³-hybridized carbons (Fsp3) is 0.118. The lowest BCUT2D eigenvalue weighted by Crippen LogP contribution is -2.06. The van der Waals surface area contributed by atoms with Crippen LogP contribution in [0.15, 0.2) is 42.5 Å². The van der Waals surface area contributed by atoms with E-state index in [4.69, 9.17) is 5.26 Å². The number of hydrogen-bond donors (Lipinski definition) is 1. The fourth-order valence-electron chi connectivity index (χ4n) is 2.50. The Hall–Kier alpha value is -3.35. The molecule has 0 fully saturated rings. The van der Waals surface area contributed by atoms with E-state index in [0.717, 1.165) is 42.5 Å². The molecule has 138 valence electrons. The van der Waals surface area contributed by atoms with Gasteiger partial charge < -0.3 is 0 Å². The molecule has 10 heteroatoms. The molecule has 0 saturated heterocycles. The van der Waals surface area contributed by atoms with Gasteiger partial charge in [0.15, 0.2) is 5.69 Å². The summed E-state index contributed by atoms with van der Waals surface area (Å²) in [5, 5.41) is 18.4. The molecule has 1 N–H and O–H groups in total. The van der Waals surface area contributed by atoms with Crippen LogP contribution in [0.1, 0.15) is 16.8 Å². The van der Waals surface area contributed by atoms with Crippen molar-refractivity contribution in [2.24, 2.45) is 0 Å². The summed E-state index contributed by atoms with van der Waals surface area (Å²) < 4.78 is 77.4. The van der Waals surface area contributed by atoms with E-state index in [9.17, 15) is 26.3 Å². The van der Waals surface area contributed by atoms with Crippen molar-refractivity contribution in [1.29, 1.82) is 5.26 Å². The molecule has 0 atom stereocenters. The van der Waals surface area contributed by atoms with Crippen molar-refractivity contribution in [3.05, 3.63) is 59.3 Å². The number of alkyl halides is 6. The van der Waals surface area contributed by atoms with Crippen LogP contribution < -0.4 is 0 Å². The van der Waals surface area contributed by atoms with Gasteiger partial charge in [0.1, 0.15) is 11.8 Å². The topological polar surface area (TPSA) is 65.4 Å². The van der Waals surface area contributed by atoms with Gasteiger partial charge in [-0.15, -0.1) is 5.10 Å². The molecule has 0 amide bonds. The molecule has 0 aliphatic heterocycles. The van der Waals surface area contributed by atoms with Crippen LogP contribution in [0.4, 0.5) is 26.3 Å². The molecule has 1 aromatic heterocycles. The van der Waals surface area contributed by atoms with E-state index >= 15 is 0 Å². The van der Waals surface area contributed by atoms with Crippen LogP contribution in [-0.2, 0) is 12.4 Å². The molecule has 4 nitrogen and oxygen atoms in total. The van der Waals surface area contributed by atoms with Gasteiger partial charge in [-0.25, -0.2) is 5.10 Å². The van der Waals surface area contributed by atoms with Crippen LogP contribution in [0, 0.1) is 11.3 Å². The summed E-state index contributed by atoms with van der Waals surface area (Å²) in [6.07, 6.45) is -9.19. The summed E-state index contributed by atoms with van der Waals surface area (Å²) in [5.41, 5.74) is -1.82. The Bertz CT molecular complexity index is 1010. The number of aromatic nitrogens is 3. The van der Waals surface area contributed by atoms with Gasteiger partial charge in [-0.1, -0.05) is 23.4 Å². The van der Waals surface area contributed by atoms with Crippen molar-refractivity contribution < 1.29 is 26.3 Å². The molecular weight excluding hydrogens is 374 g/mol. The van der Waals surface area contributed by atoms with Crippen molar-refractivity contribution in [3.63, 3.8) is 0 Å². The molecule has 1 heterocycles. The van der Waals surface area contributed by atoms with Crippen LogP contribution in [0.2, 0.25) is 0 Å². The predicted octanol–water partition coefficient (Wildman–Crippen LogP) is 5.05. The second-order valence-electron chi connectivity index (χ2n) is 5.48. The van der Waals surface area contributed by atoms with Crippen LogP contribution in [0.3, 0.4) is 0 Å². The summed E-state index contributed by atoms with van der Waals surface area (Å²) in [6.45, 7) is 0. The molecule has 0 saturated carbocycles. The van der Waals surface area contributed by atoms with Crippen molar-refractivity contribution >= 4 is 0 Å². The highest BCUT2D eigenvalue weighted by Gasteiger charge is 2.32. The summed E-state index contributed by atoms with van der Waals surface area (Å²) >= 11 is 0. The number of nitrogens with zero attached hydrogens (tertiary/aromatic N) is 3. The minimum atomic E-state index is -4.65. The Morgan fingerprint density at radius 1 is 0.815 bits per heavy atom. The number of nitrogens with one attached hydrogen (secondary N) is 1. The number of halogens is 6. The fourth-order valence-corrected chi connectivity index (χ4v) is 2.50. The standard InChI is InChI=1S/C17H8F6N4/c18-16(19,20)10-3-1-9(2-4-10)12-6-5-11(17(21,22)23)7-13(12)15-14(8-24)25-27-26-15/h1-7H,(H,25,26,27). The summed E-state index contributed by atoms with van der Waals surface area (Å²) in [5.74, 6) is 0. The van der Waals surface area contributed by atoms with Gasteiger partial charge in [-0.05, 0) is 35.4 Å². The average Bonchev–Trinajstić information content (AvgIpc) is 3.08. The number of hydrogen-bond acceptors (Lipinski definition) is 3. The van der Waals surface area contributed by atoms with Gasteiger partial charge in [0.05, 0.1) is 11.1 Å². The normalized spacial score (nSPS) is 12.0. The molecule has 3 aromatic rings. The Morgan fingerprint density at radius 3 is 1.96 bits per heavy atom. The lowest BCUT2D eigenvalue weighted by Gasteiger charge is -2.13. The molecule has 3 rings (SSSR count). The van der Waals surface area contributed by atoms with Crippen LogP contribution in [0.25, 0.3) is 22.4 Å². The second-order valence-corrected chi connectivity index (χ2v) is 5.48. The van der Waals surface area contributed by atoms with Crippen molar-refractivity contribution in [2.45, 2.75) is 12.4 Å². The third-order valence-corrected chi connectivity index (χ3v) is 3.79. The molecule has 2 aromatic carbocycles. The number of aromatic amines is 1. The minimum Gasteiger partial charge on any atom is -0.247 e. The quantitative estimate of drug-likeness (QED) is 0.631. The first-order valence-electron chi connectivity index (χ1n) is 7.31. The number of benzene rings is 2. The maximum atomic E-state index is 13.1. The highest BCUT2D eigenvalue weighted by atomic mass is 19.4. The molecule has 0 unspecified atom stereocenters. The van der Waals surface area contributed by atoms with E-state index < -0.39 is 23.5 Å². The van der Waals surface area contributed by atoms with Gasteiger partial charge in [-0.2, -0.15) is 31.6 Å². The zero-order valence-corrected chi connectivity index (χ0v) is 13.2. The van der Waals surface area contributed by atoms with Gasteiger partial charge in [0, 0.05) is 5.56 Å². The Kier molecular flexibility index (Phi) is 4.39. The summed E-state index contributed by atoms with van der Waals surface area (Å²) in [4.78, 5) is 0. The van der Waals surface area contributed by atoms with E-state index in [1.807, 2.05) is 0 Å². The van der Waals surface area contributed by atoms with Crippen LogP contribution in [0.5, 0.6) is 0 Å². The monoisotopic (exact) mass is 382 g/mol. The molecule has 0 aliphatic carbocycles. The third-order valence-electron chi connectivity index (χ3n) is 3.79. The molecular formula is C17H8F6N4. The van der Waals surface area contributed by atoms with Gasteiger partial charge in [-0.3, -0.25) is 0 Å². The average molecular weight is 382 g/mol. The smallest absolute Gasteiger partial charge is 0.247 e. The molecule has 0 radical (unpaired) electrons. The highest BCUT2D eigenvalue weighted by Crippen LogP contribution is 2.39. The lowest BCUT2D eigenvalue weighted by molar-refractivity contribution is -0.138. The van der Waals surface area contributed by atoms with Gasteiger partial charge >= 0.3 is 12.4 Å². The highest BCUT2D eigenvalue weighted by molar-refractivity contribution is 5.84. The van der Waals surface area contributed by atoms with Crippen LogP contribution >= 0.6 is 0 Å². The zero-order chi connectivity index (χ0) is 19.8. The van der Waals surface area contributed by atoms with Gasteiger partial charge in [0.2, 0.25) is 0 Å². The minimum absolute atomic E-state index is 0.0742. The predicted molar refractivity (Wildman–Crippen MR) is 82.0 cm³/mol. The zero-order valence-electron chi connectivity index (χ0n) is 13.2. The van der Waals surface area contributed by atoms with E-state index in [1.54, 1.807) is 6.07 Å². The van der Waals surface area contributed by atoms with E-state index in [-0.39, 0.29) is 28.1 Å². The van der Waals surface area contributed by atoms with Crippen molar-refractivity contribution in [1.82, 2.24) is 15.4 Å². The first-order chi connectivity index (χ1) is 12.6. The SMILES string of the molecule is N#Cc1[nH]nnc1-c1cc(C(F)(F)F)ccc1-c1ccc(C(F)(F)F)cc1. The maximum Gasteiger partial charge on any atom is 0.416 e. The summed E-state index contributed by atoms with van der Waals surface area (Å²) in [7, 11) is 0. The second kappa shape index (κ2) is 6.42. The lowest BCUT2D eigenvalue weighted by atomic mass is 9.94. The number of nitriles is 1. The maximum absolute atomic E-state index is 13.1.